The quantitative estimate of drug-likeness (QED) is 0.362. The molecule has 0 amide bonds. The highest BCUT2D eigenvalue weighted by atomic mass is 16.7. The summed E-state index contributed by atoms with van der Waals surface area (Å²) in [6, 6.07) is 0. The van der Waals surface area contributed by atoms with E-state index in [4.69, 9.17) is 0 Å². The fourth-order valence-electron chi connectivity index (χ4n) is 0.398. The maximum absolute atomic E-state index is 10.9. The smallest absolute Gasteiger partial charge is 0.336 e. The number of esters is 2. The summed E-state index contributed by atoms with van der Waals surface area (Å²) in [5, 5.41) is 0. The lowest BCUT2D eigenvalue weighted by Crippen LogP contribution is -2.11. The van der Waals surface area contributed by atoms with Gasteiger partial charge in [-0.3, -0.25) is 4.79 Å². The van der Waals surface area contributed by atoms with Crippen molar-refractivity contribution in [3.63, 3.8) is 0 Å². The molecule has 0 aromatic rings. The lowest BCUT2D eigenvalue weighted by atomic mass is 10.3. The molecule has 0 aliphatic rings. The molecule has 0 bridgehead atoms. The zero-order chi connectivity index (χ0) is 9.56. The molecule has 0 aromatic heterocycles. The molecule has 0 aromatic carbocycles. The van der Waals surface area contributed by atoms with Crippen molar-refractivity contribution in [1.29, 1.82) is 0 Å². The Balaban J connectivity index is 3.65. The zero-order valence-electron chi connectivity index (χ0n) is 7.42. The largest absolute Gasteiger partial charge is 0.428 e. The second-order valence-electron chi connectivity index (χ2n) is 2.16. The fourth-order valence-corrected chi connectivity index (χ4v) is 0.398. The van der Waals surface area contributed by atoms with Gasteiger partial charge in [0.05, 0.1) is 0 Å². The van der Waals surface area contributed by atoms with E-state index in [1.807, 2.05) is 0 Å². The van der Waals surface area contributed by atoms with Gasteiger partial charge in [-0.1, -0.05) is 6.08 Å². The minimum atomic E-state index is -0.473. The molecule has 0 atom stereocenters. The third kappa shape index (κ3) is 4.49. The van der Waals surface area contributed by atoms with Gasteiger partial charge in [0, 0.05) is 12.5 Å². The second kappa shape index (κ2) is 5.35. The van der Waals surface area contributed by atoms with Crippen LogP contribution in [0, 0.1) is 0 Å². The molecular formula is C8H12O4. The van der Waals surface area contributed by atoms with Crippen LogP contribution >= 0.6 is 0 Å². The van der Waals surface area contributed by atoms with E-state index in [9.17, 15) is 9.59 Å². The van der Waals surface area contributed by atoms with Crippen LogP contribution in [0.2, 0.25) is 0 Å². The number of carbonyl (C=O) groups excluding carboxylic acids is 2. The topological polar surface area (TPSA) is 52.6 Å². The molecule has 0 spiro atoms. The van der Waals surface area contributed by atoms with E-state index < -0.39 is 11.9 Å². The van der Waals surface area contributed by atoms with Crippen molar-refractivity contribution in [2.24, 2.45) is 0 Å². The molecule has 0 fully saturated rings. The predicted molar refractivity (Wildman–Crippen MR) is 42.2 cm³/mol. The highest BCUT2D eigenvalue weighted by Crippen LogP contribution is 1.95. The van der Waals surface area contributed by atoms with Crippen molar-refractivity contribution in [2.45, 2.75) is 20.8 Å². The van der Waals surface area contributed by atoms with Gasteiger partial charge in [-0.2, -0.15) is 0 Å². The zero-order valence-corrected chi connectivity index (χ0v) is 7.42. The fraction of sp³-hybridized carbons (Fsp3) is 0.500. The number of carbonyl (C=O) groups is 2. The maximum atomic E-state index is 10.9. The average Bonchev–Trinajstić information content (AvgIpc) is 2.02. The lowest BCUT2D eigenvalue weighted by molar-refractivity contribution is -0.162. The Bertz CT molecular complexity index is 205. The van der Waals surface area contributed by atoms with Gasteiger partial charge < -0.3 is 9.47 Å². The Morgan fingerprint density at radius 2 is 1.83 bits per heavy atom. The van der Waals surface area contributed by atoms with Gasteiger partial charge in [-0.05, 0) is 13.8 Å². The van der Waals surface area contributed by atoms with Crippen LogP contribution in [0.3, 0.4) is 0 Å². The highest BCUT2D eigenvalue weighted by molar-refractivity contribution is 5.87. The van der Waals surface area contributed by atoms with Crippen molar-refractivity contribution in [3.8, 4) is 0 Å². The first-order chi connectivity index (χ1) is 5.57. The third-order valence-corrected chi connectivity index (χ3v) is 1.21. The van der Waals surface area contributed by atoms with Crippen molar-refractivity contribution >= 4 is 11.9 Å². The molecule has 68 valence electrons. The third-order valence-electron chi connectivity index (χ3n) is 1.21. The van der Waals surface area contributed by atoms with Gasteiger partial charge in [0.1, 0.15) is 0 Å². The standard InChI is InChI=1S/C8H12O4/c1-4-6(2)8(10)12-5-11-7(3)9/h4H,5H2,1-3H3/b6-4+. The highest BCUT2D eigenvalue weighted by Gasteiger charge is 2.04. The van der Waals surface area contributed by atoms with Crippen LogP contribution in [-0.4, -0.2) is 18.7 Å². The number of hydrogen-bond donors (Lipinski definition) is 0. The monoisotopic (exact) mass is 172 g/mol. The molecule has 0 unspecified atom stereocenters. The Labute approximate surface area is 71.2 Å². The second-order valence-corrected chi connectivity index (χ2v) is 2.16. The molecule has 0 aliphatic heterocycles. The Kier molecular flexibility index (Phi) is 4.76. The molecule has 4 nitrogen and oxygen atoms in total. The minimum absolute atomic E-state index is 0.320. The predicted octanol–water partition coefficient (Wildman–Crippen LogP) is 1.02. The first kappa shape index (κ1) is 10.7. The van der Waals surface area contributed by atoms with E-state index in [0.717, 1.165) is 0 Å². The van der Waals surface area contributed by atoms with Crippen molar-refractivity contribution in [3.05, 3.63) is 11.6 Å². The number of hydrogen-bond acceptors (Lipinski definition) is 4. The molecule has 4 heteroatoms. The molecular weight excluding hydrogens is 160 g/mol. The lowest BCUT2D eigenvalue weighted by Gasteiger charge is -2.03. The van der Waals surface area contributed by atoms with Crippen LogP contribution in [0.1, 0.15) is 20.8 Å². The Hall–Kier alpha value is -1.32. The molecule has 0 radical (unpaired) electrons. The summed E-state index contributed by atoms with van der Waals surface area (Å²) in [5.74, 6) is -0.945. The van der Waals surface area contributed by atoms with E-state index in [2.05, 4.69) is 9.47 Å². The number of ether oxygens (including phenoxy) is 2. The van der Waals surface area contributed by atoms with E-state index in [1.165, 1.54) is 6.92 Å². The van der Waals surface area contributed by atoms with Crippen LogP contribution in [-0.2, 0) is 19.1 Å². The van der Waals surface area contributed by atoms with Crippen LogP contribution < -0.4 is 0 Å². The van der Waals surface area contributed by atoms with Gasteiger partial charge in [0.2, 0.25) is 6.79 Å². The summed E-state index contributed by atoms with van der Waals surface area (Å²) in [7, 11) is 0. The Morgan fingerprint density at radius 1 is 1.25 bits per heavy atom. The van der Waals surface area contributed by atoms with Gasteiger partial charge in [-0.25, -0.2) is 4.79 Å². The van der Waals surface area contributed by atoms with Crippen LogP contribution in [0.25, 0.3) is 0 Å². The summed E-state index contributed by atoms with van der Waals surface area (Å²) in [6.45, 7) is 4.27. The van der Waals surface area contributed by atoms with E-state index >= 15 is 0 Å². The van der Waals surface area contributed by atoms with Gasteiger partial charge in [0.15, 0.2) is 0 Å². The molecule has 0 saturated carbocycles. The molecule has 0 saturated heterocycles. The van der Waals surface area contributed by atoms with Crippen LogP contribution in [0.5, 0.6) is 0 Å². The van der Waals surface area contributed by atoms with Crippen molar-refractivity contribution in [2.75, 3.05) is 6.79 Å². The number of allylic oxidation sites excluding steroid dienone is 1. The molecule has 0 rings (SSSR count). The van der Waals surface area contributed by atoms with Gasteiger partial charge >= 0.3 is 11.9 Å². The van der Waals surface area contributed by atoms with Gasteiger partial charge in [-0.15, -0.1) is 0 Å². The minimum Gasteiger partial charge on any atom is -0.428 e. The van der Waals surface area contributed by atoms with Crippen LogP contribution in [0.15, 0.2) is 11.6 Å². The summed E-state index contributed by atoms with van der Waals surface area (Å²) in [4.78, 5) is 21.1. The van der Waals surface area contributed by atoms with Crippen LogP contribution in [0.4, 0.5) is 0 Å². The average molecular weight is 172 g/mol. The summed E-state index contributed by atoms with van der Waals surface area (Å²) < 4.78 is 8.95. The normalized spacial score (nSPS) is 10.8. The van der Waals surface area contributed by atoms with Gasteiger partial charge in [0.25, 0.3) is 0 Å². The summed E-state index contributed by atoms with van der Waals surface area (Å²) in [6.07, 6.45) is 1.62. The first-order valence-electron chi connectivity index (χ1n) is 3.51. The summed E-state index contributed by atoms with van der Waals surface area (Å²) >= 11 is 0. The first-order valence-corrected chi connectivity index (χ1v) is 3.51. The number of rotatable bonds is 3. The molecule has 0 heterocycles. The van der Waals surface area contributed by atoms with E-state index in [-0.39, 0.29) is 6.79 Å². The van der Waals surface area contributed by atoms with Crippen molar-refractivity contribution in [1.82, 2.24) is 0 Å². The molecule has 0 N–H and O–H groups in total. The SMILES string of the molecule is C/C=C(\C)C(=O)OCOC(C)=O. The molecule has 12 heavy (non-hydrogen) atoms. The van der Waals surface area contributed by atoms with E-state index in [1.54, 1.807) is 19.9 Å². The Morgan fingerprint density at radius 3 is 2.25 bits per heavy atom. The van der Waals surface area contributed by atoms with Crippen molar-refractivity contribution < 1.29 is 19.1 Å². The maximum Gasteiger partial charge on any atom is 0.336 e. The molecule has 0 aliphatic carbocycles. The summed E-state index contributed by atoms with van der Waals surface area (Å²) in [5.41, 5.74) is 0.488. The van der Waals surface area contributed by atoms with E-state index in [0.29, 0.717) is 5.57 Å².